The third kappa shape index (κ3) is 10.2. The highest BCUT2D eigenvalue weighted by Crippen LogP contribution is 1.99. The molecule has 6 nitrogen and oxygen atoms in total. The molecule has 102 valence electrons. The lowest BCUT2D eigenvalue weighted by molar-refractivity contribution is -0.150. The van der Waals surface area contributed by atoms with Gasteiger partial charge in [-0.15, -0.1) is 0 Å². The van der Waals surface area contributed by atoms with E-state index in [4.69, 9.17) is 24.7 Å². The Morgan fingerprint density at radius 1 is 1.00 bits per heavy atom. The predicted octanol–water partition coefficient (Wildman–Crippen LogP) is -0.0535. The lowest BCUT2D eigenvalue weighted by atomic mass is 10.1. The number of hydrogen-bond donors (Lipinski definition) is 1. The maximum Gasteiger partial charge on any atom is 0.325 e. The van der Waals surface area contributed by atoms with Crippen LogP contribution in [0.1, 0.15) is 13.8 Å². The summed E-state index contributed by atoms with van der Waals surface area (Å²) >= 11 is 0. The van der Waals surface area contributed by atoms with E-state index in [-0.39, 0.29) is 6.61 Å². The molecule has 0 aliphatic carbocycles. The molecule has 0 aromatic heterocycles. The number of methoxy groups -OCH3 is 1. The molecule has 2 N–H and O–H groups in total. The first-order chi connectivity index (χ1) is 7.98. The SMILES string of the molecule is COCCOCCOCCOC(=O)C(C)(C)N. The molecule has 0 unspecified atom stereocenters. The molecule has 0 aromatic rings. The van der Waals surface area contributed by atoms with Crippen molar-refractivity contribution in [2.24, 2.45) is 5.73 Å². The fourth-order valence-corrected chi connectivity index (χ4v) is 0.844. The molecule has 0 saturated heterocycles. The normalized spacial score (nSPS) is 11.5. The number of rotatable bonds is 10. The fraction of sp³-hybridized carbons (Fsp3) is 0.909. The van der Waals surface area contributed by atoms with Crippen LogP contribution in [-0.2, 0) is 23.7 Å². The van der Waals surface area contributed by atoms with E-state index in [0.29, 0.717) is 33.0 Å². The minimum atomic E-state index is -0.955. The Hall–Kier alpha value is -0.690. The van der Waals surface area contributed by atoms with Gasteiger partial charge < -0.3 is 24.7 Å². The van der Waals surface area contributed by atoms with E-state index in [0.717, 1.165) is 0 Å². The summed E-state index contributed by atoms with van der Waals surface area (Å²) in [6.07, 6.45) is 0. The molecule has 0 heterocycles. The van der Waals surface area contributed by atoms with Crippen LogP contribution in [-0.4, -0.2) is 58.3 Å². The van der Waals surface area contributed by atoms with E-state index in [1.165, 1.54) is 0 Å². The van der Waals surface area contributed by atoms with Gasteiger partial charge in [-0.25, -0.2) is 0 Å². The Labute approximate surface area is 102 Å². The van der Waals surface area contributed by atoms with Crippen LogP contribution in [0.5, 0.6) is 0 Å². The van der Waals surface area contributed by atoms with Gasteiger partial charge in [-0.05, 0) is 13.8 Å². The maximum absolute atomic E-state index is 11.2. The van der Waals surface area contributed by atoms with Crippen molar-refractivity contribution in [2.75, 3.05) is 46.8 Å². The summed E-state index contributed by atoms with van der Waals surface area (Å²) < 4.78 is 20.1. The molecule has 0 saturated carbocycles. The summed E-state index contributed by atoms with van der Waals surface area (Å²) in [5.74, 6) is -0.433. The summed E-state index contributed by atoms with van der Waals surface area (Å²) in [6, 6.07) is 0. The Balaban J connectivity index is 3.22. The molecule has 0 rings (SSSR count). The van der Waals surface area contributed by atoms with Gasteiger partial charge in [-0.3, -0.25) is 4.79 Å². The first-order valence-electron chi connectivity index (χ1n) is 5.59. The van der Waals surface area contributed by atoms with Crippen LogP contribution in [0.4, 0.5) is 0 Å². The van der Waals surface area contributed by atoms with Crippen molar-refractivity contribution in [3.8, 4) is 0 Å². The third-order valence-corrected chi connectivity index (χ3v) is 1.79. The van der Waals surface area contributed by atoms with Crippen LogP contribution in [0.3, 0.4) is 0 Å². The molecule has 0 aliphatic rings. The second kappa shape index (κ2) is 9.35. The Morgan fingerprint density at radius 3 is 1.94 bits per heavy atom. The highest BCUT2D eigenvalue weighted by Gasteiger charge is 2.23. The Bertz CT molecular complexity index is 203. The molecule has 6 heteroatoms. The molecular formula is C11H23NO5. The predicted molar refractivity (Wildman–Crippen MR) is 62.7 cm³/mol. The Morgan fingerprint density at radius 2 is 1.47 bits per heavy atom. The summed E-state index contributed by atoms with van der Waals surface area (Å²) in [5, 5.41) is 0. The average Bonchev–Trinajstić information content (AvgIpc) is 2.25. The highest BCUT2D eigenvalue weighted by molar-refractivity contribution is 5.79. The third-order valence-electron chi connectivity index (χ3n) is 1.79. The number of carbonyl (C=O) groups is 1. The second-order valence-electron chi connectivity index (χ2n) is 4.08. The first-order valence-corrected chi connectivity index (χ1v) is 5.59. The topological polar surface area (TPSA) is 80.0 Å². The number of hydrogen-bond acceptors (Lipinski definition) is 6. The zero-order chi connectivity index (χ0) is 13.1. The summed E-state index contributed by atoms with van der Waals surface area (Å²) in [5.41, 5.74) is 4.59. The van der Waals surface area contributed by atoms with Crippen molar-refractivity contribution < 1.29 is 23.7 Å². The van der Waals surface area contributed by atoms with Gasteiger partial charge in [0, 0.05) is 7.11 Å². The van der Waals surface area contributed by atoms with Crippen molar-refractivity contribution >= 4 is 5.97 Å². The van der Waals surface area contributed by atoms with Gasteiger partial charge in [-0.1, -0.05) is 0 Å². The quantitative estimate of drug-likeness (QED) is 0.432. The van der Waals surface area contributed by atoms with Crippen molar-refractivity contribution in [3.63, 3.8) is 0 Å². The van der Waals surface area contributed by atoms with Crippen molar-refractivity contribution in [1.29, 1.82) is 0 Å². The van der Waals surface area contributed by atoms with Crippen LogP contribution in [0.2, 0.25) is 0 Å². The molecule has 0 radical (unpaired) electrons. The molecule has 0 aliphatic heterocycles. The Kier molecular flexibility index (Phi) is 8.97. The summed E-state index contributed by atoms with van der Waals surface area (Å²) in [7, 11) is 1.62. The minimum absolute atomic E-state index is 0.206. The second-order valence-corrected chi connectivity index (χ2v) is 4.08. The smallest absolute Gasteiger partial charge is 0.325 e. The molecule has 0 spiro atoms. The molecule has 17 heavy (non-hydrogen) atoms. The van der Waals surface area contributed by atoms with E-state index < -0.39 is 11.5 Å². The lowest BCUT2D eigenvalue weighted by Gasteiger charge is -2.16. The van der Waals surface area contributed by atoms with Crippen molar-refractivity contribution in [3.05, 3.63) is 0 Å². The number of esters is 1. The van der Waals surface area contributed by atoms with E-state index in [1.807, 2.05) is 0 Å². The molecule has 0 amide bonds. The van der Waals surface area contributed by atoms with Gasteiger partial charge in [0.2, 0.25) is 0 Å². The first kappa shape index (κ1) is 16.3. The summed E-state index contributed by atoms with van der Waals surface area (Å²) in [4.78, 5) is 11.2. The zero-order valence-corrected chi connectivity index (χ0v) is 10.9. The van der Waals surface area contributed by atoms with Crippen LogP contribution in [0.15, 0.2) is 0 Å². The summed E-state index contributed by atoms with van der Waals surface area (Å²) in [6.45, 7) is 5.83. The van der Waals surface area contributed by atoms with Gasteiger partial charge in [-0.2, -0.15) is 0 Å². The van der Waals surface area contributed by atoms with Gasteiger partial charge >= 0.3 is 5.97 Å². The van der Waals surface area contributed by atoms with Crippen molar-refractivity contribution in [2.45, 2.75) is 19.4 Å². The van der Waals surface area contributed by atoms with Crippen LogP contribution in [0.25, 0.3) is 0 Å². The standard InChI is InChI=1S/C11H23NO5/c1-11(2,12)10(13)17-9-8-16-7-6-15-5-4-14-3/h4-9,12H2,1-3H3. The molecule has 0 aromatic carbocycles. The van der Waals surface area contributed by atoms with E-state index >= 15 is 0 Å². The van der Waals surface area contributed by atoms with E-state index in [2.05, 4.69) is 0 Å². The van der Waals surface area contributed by atoms with Crippen LogP contribution < -0.4 is 5.73 Å². The minimum Gasteiger partial charge on any atom is -0.462 e. The van der Waals surface area contributed by atoms with Gasteiger partial charge in [0.25, 0.3) is 0 Å². The van der Waals surface area contributed by atoms with Crippen LogP contribution in [0, 0.1) is 0 Å². The van der Waals surface area contributed by atoms with Crippen molar-refractivity contribution in [1.82, 2.24) is 0 Å². The molecule has 0 bridgehead atoms. The number of nitrogens with two attached hydrogens (primary N) is 1. The maximum atomic E-state index is 11.2. The highest BCUT2D eigenvalue weighted by atomic mass is 16.6. The van der Waals surface area contributed by atoms with Gasteiger partial charge in [0.15, 0.2) is 0 Å². The average molecular weight is 249 g/mol. The van der Waals surface area contributed by atoms with E-state index in [9.17, 15) is 4.79 Å². The molecule has 0 fully saturated rings. The largest absolute Gasteiger partial charge is 0.462 e. The van der Waals surface area contributed by atoms with Gasteiger partial charge in [0.1, 0.15) is 12.1 Å². The number of ether oxygens (including phenoxy) is 4. The molecular weight excluding hydrogens is 226 g/mol. The number of carbonyl (C=O) groups excluding carboxylic acids is 1. The van der Waals surface area contributed by atoms with E-state index in [1.54, 1.807) is 21.0 Å². The lowest BCUT2D eigenvalue weighted by Crippen LogP contribution is -2.43. The fourth-order valence-electron chi connectivity index (χ4n) is 0.844. The monoisotopic (exact) mass is 249 g/mol. The van der Waals surface area contributed by atoms with Gasteiger partial charge in [0.05, 0.1) is 33.0 Å². The zero-order valence-electron chi connectivity index (χ0n) is 10.9. The molecule has 0 atom stereocenters. The van der Waals surface area contributed by atoms with Crippen LogP contribution >= 0.6 is 0 Å².